The van der Waals surface area contributed by atoms with Gasteiger partial charge in [0.2, 0.25) is 5.91 Å². The van der Waals surface area contributed by atoms with Crippen LogP contribution >= 0.6 is 34.4 Å². The maximum Gasteiger partial charge on any atom is 0.233 e. The standard InChI is InChI=1S/C23H28N4OS3/c28-22(26-12-4-10-19(26)20-11-6-14-30-20)16-31-23-25-24-21(15-18-9-5-13-29-18)27(23)17-7-2-1-3-8-17/h5-6,9,11,13-14,17,19H,1-4,7-8,10,12,15-16H2. The average Bonchev–Trinajstić information content (AvgIpc) is 3.60. The summed E-state index contributed by atoms with van der Waals surface area (Å²) in [5.74, 6) is 1.70. The first kappa shape index (κ1) is 21.2. The first-order chi connectivity index (χ1) is 15.3. The molecule has 0 spiro atoms. The van der Waals surface area contributed by atoms with Crippen molar-refractivity contribution in [3.63, 3.8) is 0 Å². The van der Waals surface area contributed by atoms with Crippen molar-refractivity contribution in [2.24, 2.45) is 0 Å². The average molecular weight is 473 g/mol. The molecule has 5 nitrogen and oxygen atoms in total. The number of nitrogens with zero attached hydrogens (tertiary/aromatic N) is 4. The highest BCUT2D eigenvalue weighted by molar-refractivity contribution is 7.99. The lowest BCUT2D eigenvalue weighted by atomic mass is 9.95. The minimum atomic E-state index is 0.221. The number of carbonyl (C=O) groups excluding carboxylic acids is 1. The number of hydrogen-bond acceptors (Lipinski definition) is 6. The van der Waals surface area contributed by atoms with E-state index in [0.717, 1.165) is 36.8 Å². The molecule has 1 amide bonds. The van der Waals surface area contributed by atoms with Crippen LogP contribution in [0.15, 0.2) is 40.2 Å². The molecule has 0 N–H and O–H groups in total. The van der Waals surface area contributed by atoms with Gasteiger partial charge in [-0.25, -0.2) is 0 Å². The SMILES string of the molecule is O=C(CSc1nnc(Cc2cccs2)n1C1CCCCC1)N1CCCC1c1cccs1. The number of thiophene rings is 2. The van der Waals surface area contributed by atoms with E-state index >= 15 is 0 Å². The van der Waals surface area contributed by atoms with Gasteiger partial charge in [0.15, 0.2) is 5.16 Å². The van der Waals surface area contributed by atoms with Gasteiger partial charge in [-0.2, -0.15) is 0 Å². The number of amides is 1. The molecule has 1 aliphatic carbocycles. The summed E-state index contributed by atoms with van der Waals surface area (Å²) in [7, 11) is 0. The second-order valence-corrected chi connectivity index (χ2v) is 11.3. The molecule has 164 valence electrons. The monoisotopic (exact) mass is 472 g/mol. The minimum absolute atomic E-state index is 0.221. The van der Waals surface area contributed by atoms with Crippen LogP contribution in [0.3, 0.4) is 0 Å². The van der Waals surface area contributed by atoms with Crippen molar-refractivity contribution in [3.8, 4) is 0 Å². The molecular weight excluding hydrogens is 444 g/mol. The van der Waals surface area contributed by atoms with E-state index in [2.05, 4.69) is 54.7 Å². The third-order valence-electron chi connectivity index (χ3n) is 6.36. The van der Waals surface area contributed by atoms with Gasteiger partial charge in [-0.15, -0.1) is 32.9 Å². The number of thioether (sulfide) groups is 1. The van der Waals surface area contributed by atoms with Gasteiger partial charge in [0.05, 0.1) is 11.8 Å². The quantitative estimate of drug-likeness (QED) is 0.399. The van der Waals surface area contributed by atoms with Gasteiger partial charge in [0.25, 0.3) is 0 Å². The van der Waals surface area contributed by atoms with Crippen molar-refractivity contribution >= 4 is 40.3 Å². The maximum atomic E-state index is 13.1. The van der Waals surface area contributed by atoms with E-state index in [1.165, 1.54) is 41.9 Å². The zero-order chi connectivity index (χ0) is 21.0. The summed E-state index contributed by atoms with van der Waals surface area (Å²) in [6, 6.07) is 9.21. The molecule has 31 heavy (non-hydrogen) atoms. The van der Waals surface area contributed by atoms with Crippen molar-refractivity contribution in [2.75, 3.05) is 12.3 Å². The van der Waals surface area contributed by atoms with Gasteiger partial charge >= 0.3 is 0 Å². The topological polar surface area (TPSA) is 51.0 Å². The molecule has 2 fully saturated rings. The molecule has 3 aromatic heterocycles. The smallest absolute Gasteiger partial charge is 0.233 e. The molecule has 2 aliphatic rings. The highest BCUT2D eigenvalue weighted by atomic mass is 32.2. The van der Waals surface area contributed by atoms with Crippen LogP contribution in [-0.2, 0) is 11.2 Å². The van der Waals surface area contributed by atoms with Gasteiger partial charge in [-0.3, -0.25) is 4.79 Å². The zero-order valence-electron chi connectivity index (χ0n) is 17.6. The second kappa shape index (κ2) is 9.88. The fraction of sp³-hybridized carbons (Fsp3) is 0.522. The Morgan fingerprint density at radius 2 is 1.87 bits per heavy atom. The zero-order valence-corrected chi connectivity index (χ0v) is 20.1. The van der Waals surface area contributed by atoms with Crippen molar-refractivity contribution < 1.29 is 4.79 Å². The molecule has 5 rings (SSSR count). The minimum Gasteiger partial charge on any atom is -0.334 e. The van der Waals surface area contributed by atoms with Gasteiger partial charge in [0.1, 0.15) is 5.82 Å². The Morgan fingerprint density at radius 1 is 1.03 bits per heavy atom. The van der Waals surface area contributed by atoms with Crippen LogP contribution in [0.25, 0.3) is 0 Å². The third kappa shape index (κ3) is 4.76. The van der Waals surface area contributed by atoms with Gasteiger partial charge in [-0.05, 0) is 48.6 Å². The summed E-state index contributed by atoms with van der Waals surface area (Å²) in [6.07, 6.45) is 9.19. The fourth-order valence-corrected chi connectivity index (χ4v) is 7.34. The van der Waals surface area contributed by atoms with Crippen LogP contribution in [-0.4, -0.2) is 37.9 Å². The molecule has 1 unspecified atom stereocenters. The number of hydrogen-bond donors (Lipinski definition) is 0. The number of rotatable bonds is 7. The Balaban J connectivity index is 1.31. The van der Waals surface area contributed by atoms with Crippen molar-refractivity contribution in [2.45, 2.75) is 68.6 Å². The van der Waals surface area contributed by atoms with Crippen LogP contribution in [0.1, 0.15) is 72.6 Å². The third-order valence-corrected chi connectivity index (χ3v) is 9.13. The molecule has 0 radical (unpaired) electrons. The molecule has 3 aromatic rings. The van der Waals surface area contributed by atoms with E-state index in [1.807, 2.05) is 0 Å². The van der Waals surface area contributed by atoms with Crippen molar-refractivity contribution in [1.29, 1.82) is 0 Å². The predicted molar refractivity (Wildman–Crippen MR) is 128 cm³/mol. The van der Waals surface area contributed by atoms with Crippen LogP contribution in [0.2, 0.25) is 0 Å². The lowest BCUT2D eigenvalue weighted by Gasteiger charge is -2.26. The predicted octanol–water partition coefficient (Wildman–Crippen LogP) is 5.95. The molecule has 0 bridgehead atoms. The Morgan fingerprint density at radius 3 is 2.65 bits per heavy atom. The summed E-state index contributed by atoms with van der Waals surface area (Å²) in [5.41, 5.74) is 0. The lowest BCUT2D eigenvalue weighted by Crippen LogP contribution is -2.31. The van der Waals surface area contributed by atoms with Crippen LogP contribution < -0.4 is 0 Å². The van der Waals surface area contributed by atoms with Gasteiger partial charge in [0, 0.05) is 28.8 Å². The molecule has 1 atom stereocenters. The Labute approximate surface area is 195 Å². The summed E-state index contributed by atoms with van der Waals surface area (Å²) in [4.78, 5) is 17.8. The van der Waals surface area contributed by atoms with Crippen molar-refractivity contribution in [3.05, 3.63) is 50.6 Å². The van der Waals surface area contributed by atoms with Gasteiger partial charge in [-0.1, -0.05) is 43.2 Å². The highest BCUT2D eigenvalue weighted by Gasteiger charge is 2.31. The summed E-state index contributed by atoms with van der Waals surface area (Å²) >= 11 is 5.10. The van der Waals surface area contributed by atoms with E-state index in [0.29, 0.717) is 11.8 Å². The molecule has 8 heteroatoms. The number of likely N-dealkylation sites (tertiary alicyclic amines) is 1. The Kier molecular flexibility index (Phi) is 6.76. The van der Waals surface area contributed by atoms with Crippen molar-refractivity contribution in [1.82, 2.24) is 19.7 Å². The fourth-order valence-electron chi connectivity index (χ4n) is 4.85. The summed E-state index contributed by atoms with van der Waals surface area (Å²) < 4.78 is 2.36. The van der Waals surface area contributed by atoms with E-state index in [9.17, 15) is 4.79 Å². The van der Waals surface area contributed by atoms with Crippen LogP contribution in [0.4, 0.5) is 0 Å². The lowest BCUT2D eigenvalue weighted by molar-refractivity contribution is -0.129. The maximum absolute atomic E-state index is 13.1. The number of carbonyl (C=O) groups is 1. The van der Waals surface area contributed by atoms with Crippen LogP contribution in [0.5, 0.6) is 0 Å². The van der Waals surface area contributed by atoms with Gasteiger partial charge < -0.3 is 9.47 Å². The molecule has 1 saturated heterocycles. The van der Waals surface area contributed by atoms with E-state index in [4.69, 9.17) is 0 Å². The van der Waals surface area contributed by atoms with E-state index in [1.54, 1.807) is 34.4 Å². The second-order valence-electron chi connectivity index (χ2n) is 8.37. The number of aromatic nitrogens is 3. The molecule has 4 heterocycles. The Hall–Kier alpha value is -1.64. The molecule has 1 aliphatic heterocycles. The molecular formula is C23H28N4OS3. The van der Waals surface area contributed by atoms with Crippen LogP contribution in [0, 0.1) is 0 Å². The van der Waals surface area contributed by atoms with E-state index in [-0.39, 0.29) is 11.9 Å². The highest BCUT2D eigenvalue weighted by Crippen LogP contribution is 2.36. The largest absolute Gasteiger partial charge is 0.334 e. The summed E-state index contributed by atoms with van der Waals surface area (Å²) in [6.45, 7) is 0.862. The first-order valence-electron chi connectivity index (χ1n) is 11.2. The van der Waals surface area contributed by atoms with E-state index < -0.39 is 0 Å². The summed E-state index contributed by atoms with van der Waals surface area (Å²) in [5, 5.41) is 14.3. The normalized spacial score (nSPS) is 19.9. The molecule has 0 aromatic carbocycles. The Bertz CT molecular complexity index is 977. The first-order valence-corrected chi connectivity index (χ1v) is 14.0. The molecule has 1 saturated carbocycles.